The summed E-state index contributed by atoms with van der Waals surface area (Å²) in [6.45, 7) is 3.91. The summed E-state index contributed by atoms with van der Waals surface area (Å²) in [6.07, 6.45) is 1.58. The van der Waals surface area contributed by atoms with E-state index in [0.717, 1.165) is 22.8 Å². The second-order valence-electron chi connectivity index (χ2n) is 7.02. The summed E-state index contributed by atoms with van der Waals surface area (Å²) in [5.74, 6) is 2.02. The van der Waals surface area contributed by atoms with Crippen LogP contribution in [0.25, 0.3) is 5.82 Å². The lowest BCUT2D eigenvalue weighted by atomic mass is 10.2. The number of amides is 1. The first kappa shape index (κ1) is 19.4. The Morgan fingerprint density at radius 2 is 1.63 bits per heavy atom. The molecule has 0 atom stereocenters. The van der Waals surface area contributed by atoms with E-state index in [2.05, 4.69) is 10.1 Å². The molecule has 6 heteroatoms. The number of ether oxygens (including phenoxy) is 1. The number of pyridine rings is 1. The number of aryl methyl sites for hydroxylation is 2. The van der Waals surface area contributed by atoms with Gasteiger partial charge in [0.2, 0.25) is 0 Å². The number of para-hydroxylation sites is 1. The van der Waals surface area contributed by atoms with Crippen LogP contribution in [-0.2, 0) is 0 Å². The van der Waals surface area contributed by atoms with E-state index in [9.17, 15) is 4.79 Å². The lowest BCUT2D eigenvalue weighted by molar-refractivity contribution is 0.0992. The number of carbonyl (C=O) groups is 1. The van der Waals surface area contributed by atoms with E-state index in [4.69, 9.17) is 4.74 Å². The van der Waals surface area contributed by atoms with Crippen LogP contribution in [0.5, 0.6) is 11.5 Å². The van der Waals surface area contributed by atoms with E-state index in [1.54, 1.807) is 35.0 Å². The molecule has 1 amide bonds. The van der Waals surface area contributed by atoms with Gasteiger partial charge in [0, 0.05) is 24.6 Å². The highest BCUT2D eigenvalue weighted by atomic mass is 16.5. The Balaban J connectivity index is 1.47. The molecular formula is C24H22N4O2. The maximum atomic E-state index is 12.9. The van der Waals surface area contributed by atoms with Crippen LogP contribution < -0.4 is 9.64 Å². The summed E-state index contributed by atoms with van der Waals surface area (Å²) in [5, 5.41) is 4.42. The summed E-state index contributed by atoms with van der Waals surface area (Å²) in [5.41, 5.74) is 3.19. The molecule has 0 radical (unpaired) electrons. The first-order valence-electron chi connectivity index (χ1n) is 9.62. The van der Waals surface area contributed by atoms with Crippen molar-refractivity contribution in [2.75, 3.05) is 11.9 Å². The standard InChI is InChI=1S/C24H22N4O2/c1-17-15-18(2)28(26-17)23-14-9-19(16-25-23)24(29)27(3)20-10-12-22(13-11-20)30-21-7-5-4-6-8-21/h4-16H,1-3H3. The molecule has 2 aromatic carbocycles. The Labute approximate surface area is 175 Å². The van der Waals surface area contributed by atoms with Crippen LogP contribution in [0.4, 0.5) is 5.69 Å². The normalized spacial score (nSPS) is 10.6. The molecule has 2 heterocycles. The molecule has 2 aromatic heterocycles. The fraction of sp³-hybridized carbons (Fsp3) is 0.125. The zero-order chi connectivity index (χ0) is 21.1. The second-order valence-corrected chi connectivity index (χ2v) is 7.02. The van der Waals surface area contributed by atoms with E-state index < -0.39 is 0 Å². The van der Waals surface area contributed by atoms with Crippen LogP contribution >= 0.6 is 0 Å². The maximum Gasteiger partial charge on any atom is 0.259 e. The van der Waals surface area contributed by atoms with Gasteiger partial charge in [0.1, 0.15) is 11.5 Å². The lowest BCUT2D eigenvalue weighted by Gasteiger charge is -2.18. The summed E-state index contributed by atoms with van der Waals surface area (Å²) >= 11 is 0. The highest BCUT2D eigenvalue weighted by molar-refractivity contribution is 6.05. The van der Waals surface area contributed by atoms with Crippen molar-refractivity contribution in [1.29, 1.82) is 0 Å². The largest absolute Gasteiger partial charge is 0.457 e. The number of anilines is 1. The zero-order valence-corrected chi connectivity index (χ0v) is 17.1. The molecule has 0 aliphatic heterocycles. The van der Waals surface area contributed by atoms with Gasteiger partial charge < -0.3 is 9.64 Å². The molecule has 150 valence electrons. The number of hydrogen-bond acceptors (Lipinski definition) is 4. The molecule has 4 rings (SSSR count). The van der Waals surface area contributed by atoms with Gasteiger partial charge >= 0.3 is 0 Å². The third kappa shape index (κ3) is 4.07. The van der Waals surface area contributed by atoms with Crippen molar-refractivity contribution in [2.24, 2.45) is 0 Å². The van der Waals surface area contributed by atoms with E-state index >= 15 is 0 Å². The number of hydrogen-bond donors (Lipinski definition) is 0. The van der Waals surface area contributed by atoms with Crippen LogP contribution in [0.2, 0.25) is 0 Å². The van der Waals surface area contributed by atoms with Crippen molar-refractivity contribution in [2.45, 2.75) is 13.8 Å². The topological polar surface area (TPSA) is 60.2 Å². The minimum atomic E-state index is -0.140. The second kappa shape index (κ2) is 8.21. The maximum absolute atomic E-state index is 12.9. The van der Waals surface area contributed by atoms with Gasteiger partial charge in [-0.25, -0.2) is 9.67 Å². The molecule has 0 saturated heterocycles. The number of carbonyl (C=O) groups excluding carboxylic acids is 1. The Kier molecular flexibility index (Phi) is 5.30. The quantitative estimate of drug-likeness (QED) is 0.477. The number of aromatic nitrogens is 3. The first-order valence-corrected chi connectivity index (χ1v) is 9.62. The third-order valence-electron chi connectivity index (χ3n) is 4.73. The van der Waals surface area contributed by atoms with Crippen LogP contribution in [0.3, 0.4) is 0 Å². The molecule has 0 aliphatic rings. The average molecular weight is 398 g/mol. The van der Waals surface area contributed by atoms with Crippen LogP contribution in [0, 0.1) is 13.8 Å². The van der Waals surface area contributed by atoms with Gasteiger partial charge in [-0.05, 0) is 68.4 Å². The highest BCUT2D eigenvalue weighted by Gasteiger charge is 2.15. The SMILES string of the molecule is Cc1cc(C)n(-c2ccc(C(=O)N(C)c3ccc(Oc4ccccc4)cc3)cn2)n1. The number of nitrogens with zero attached hydrogens (tertiary/aromatic N) is 4. The minimum absolute atomic E-state index is 0.140. The van der Waals surface area contributed by atoms with Crippen LogP contribution in [-0.4, -0.2) is 27.7 Å². The monoisotopic (exact) mass is 398 g/mol. The van der Waals surface area contributed by atoms with Gasteiger partial charge in [-0.1, -0.05) is 18.2 Å². The van der Waals surface area contributed by atoms with Gasteiger partial charge in [-0.15, -0.1) is 0 Å². The molecular weight excluding hydrogens is 376 g/mol. The predicted octanol–water partition coefficient (Wildman–Crippen LogP) is 4.95. The molecule has 30 heavy (non-hydrogen) atoms. The first-order chi connectivity index (χ1) is 14.5. The summed E-state index contributed by atoms with van der Waals surface area (Å²) in [6, 6.07) is 22.5. The lowest BCUT2D eigenvalue weighted by Crippen LogP contribution is -2.26. The number of benzene rings is 2. The van der Waals surface area contributed by atoms with Crippen molar-refractivity contribution in [3.63, 3.8) is 0 Å². The van der Waals surface area contributed by atoms with Crippen molar-refractivity contribution in [1.82, 2.24) is 14.8 Å². The van der Waals surface area contributed by atoms with Gasteiger partial charge in [0.15, 0.2) is 5.82 Å². The van der Waals surface area contributed by atoms with Gasteiger partial charge in [-0.3, -0.25) is 4.79 Å². The minimum Gasteiger partial charge on any atom is -0.457 e. The molecule has 0 unspecified atom stereocenters. The van der Waals surface area contributed by atoms with Gasteiger partial charge in [0.05, 0.1) is 11.3 Å². The van der Waals surface area contributed by atoms with Crippen molar-refractivity contribution >= 4 is 11.6 Å². The summed E-state index contributed by atoms with van der Waals surface area (Å²) < 4.78 is 7.57. The Hall–Kier alpha value is -3.93. The van der Waals surface area contributed by atoms with Crippen molar-refractivity contribution in [3.8, 4) is 17.3 Å². The van der Waals surface area contributed by atoms with E-state index in [0.29, 0.717) is 17.1 Å². The highest BCUT2D eigenvalue weighted by Crippen LogP contribution is 2.24. The molecule has 6 nitrogen and oxygen atoms in total. The Morgan fingerprint density at radius 1 is 0.933 bits per heavy atom. The molecule has 0 N–H and O–H groups in total. The molecule has 0 saturated carbocycles. The van der Waals surface area contributed by atoms with E-state index in [-0.39, 0.29) is 5.91 Å². The molecule has 0 aliphatic carbocycles. The predicted molar refractivity (Wildman–Crippen MR) is 117 cm³/mol. The Morgan fingerprint density at radius 3 is 2.23 bits per heavy atom. The summed E-state index contributed by atoms with van der Waals surface area (Å²) in [4.78, 5) is 18.9. The van der Waals surface area contributed by atoms with Crippen molar-refractivity contribution < 1.29 is 9.53 Å². The van der Waals surface area contributed by atoms with E-state index in [1.807, 2.05) is 74.5 Å². The third-order valence-corrected chi connectivity index (χ3v) is 4.73. The van der Waals surface area contributed by atoms with Crippen LogP contribution in [0.1, 0.15) is 21.7 Å². The summed E-state index contributed by atoms with van der Waals surface area (Å²) in [7, 11) is 1.74. The molecule has 0 fully saturated rings. The fourth-order valence-electron chi connectivity index (χ4n) is 3.17. The van der Waals surface area contributed by atoms with Crippen LogP contribution in [0.15, 0.2) is 79.0 Å². The molecule has 4 aromatic rings. The van der Waals surface area contributed by atoms with E-state index in [1.165, 1.54) is 0 Å². The average Bonchev–Trinajstić information content (AvgIpc) is 3.12. The Bertz CT molecular complexity index is 1150. The fourth-order valence-corrected chi connectivity index (χ4v) is 3.17. The van der Waals surface area contributed by atoms with Gasteiger partial charge in [-0.2, -0.15) is 5.10 Å². The smallest absolute Gasteiger partial charge is 0.259 e. The zero-order valence-electron chi connectivity index (χ0n) is 17.1. The van der Waals surface area contributed by atoms with Gasteiger partial charge in [0.25, 0.3) is 5.91 Å². The van der Waals surface area contributed by atoms with Crippen molar-refractivity contribution in [3.05, 3.63) is 95.9 Å². The molecule has 0 spiro atoms. The number of rotatable bonds is 5. The molecule has 0 bridgehead atoms.